The monoisotopic (exact) mass is 479 g/mol. The molecule has 8 nitrogen and oxygen atoms in total. The van der Waals surface area contributed by atoms with E-state index in [0.717, 1.165) is 44.0 Å². The van der Waals surface area contributed by atoms with Crippen molar-refractivity contribution in [2.45, 2.75) is 25.7 Å². The Labute approximate surface area is 202 Å². The number of carbonyl (C=O) groups excluding carboxylic acids is 1. The molecule has 3 N–H and O–H groups in total. The van der Waals surface area contributed by atoms with Crippen LogP contribution in [0.3, 0.4) is 0 Å². The number of ether oxygens (including phenoxy) is 2. The van der Waals surface area contributed by atoms with Gasteiger partial charge in [0.1, 0.15) is 5.75 Å². The first kappa shape index (κ1) is 22.4. The second-order valence-corrected chi connectivity index (χ2v) is 8.74. The number of pyridine rings is 1. The number of hydrogen-bond donors (Lipinski definition) is 2. The number of primary amides is 1. The van der Waals surface area contributed by atoms with Gasteiger partial charge in [0, 0.05) is 30.3 Å². The molecule has 1 atom stereocenters. The third-order valence-corrected chi connectivity index (χ3v) is 6.48. The number of benzene rings is 1. The van der Waals surface area contributed by atoms with Crippen LogP contribution in [0.2, 0.25) is 5.02 Å². The topological polar surface area (TPSA) is 106 Å². The lowest BCUT2D eigenvalue weighted by molar-refractivity contribution is 0.0551. The minimum atomic E-state index is -0.489. The number of hydrogen-bond acceptors (Lipinski definition) is 6. The summed E-state index contributed by atoms with van der Waals surface area (Å²) in [4.78, 5) is 26.4. The Bertz CT molecular complexity index is 1290. The number of nitrogens with two attached hydrogens (primary N) is 1. The Morgan fingerprint density at radius 1 is 1.29 bits per heavy atom. The number of amides is 1. The van der Waals surface area contributed by atoms with Crippen molar-refractivity contribution in [3.05, 3.63) is 70.0 Å². The molecule has 2 aromatic heterocycles. The number of nitrogens with one attached hydrogen (secondary N) is 1. The SMILES string of the molecule is CCc1ccc(Oc2nc3nc(C4C=CC(N5CCOCC5)=CC4)c(Cl)cc3[nH]2)cc1C(N)=O. The summed E-state index contributed by atoms with van der Waals surface area (Å²) in [5, 5.41) is 0.573. The lowest BCUT2D eigenvalue weighted by Gasteiger charge is -2.31. The maximum Gasteiger partial charge on any atom is 0.301 e. The van der Waals surface area contributed by atoms with Gasteiger partial charge in [-0.1, -0.05) is 36.7 Å². The number of aromatic nitrogens is 3. The van der Waals surface area contributed by atoms with Crippen molar-refractivity contribution < 1.29 is 14.3 Å². The Morgan fingerprint density at radius 2 is 2.12 bits per heavy atom. The molecule has 0 radical (unpaired) electrons. The van der Waals surface area contributed by atoms with Crippen LogP contribution in [0.15, 0.2) is 48.2 Å². The molecular formula is C25H26ClN5O3. The first-order valence-corrected chi connectivity index (χ1v) is 11.8. The number of fused-ring (bicyclic) bond motifs is 1. The number of aryl methyl sites for hydroxylation is 1. The van der Waals surface area contributed by atoms with Crippen molar-refractivity contribution in [2.75, 3.05) is 26.3 Å². The van der Waals surface area contributed by atoms with Crippen molar-refractivity contribution in [1.82, 2.24) is 19.9 Å². The van der Waals surface area contributed by atoms with Crippen LogP contribution in [0.25, 0.3) is 11.2 Å². The van der Waals surface area contributed by atoms with Gasteiger partial charge in [-0.05, 0) is 42.7 Å². The van der Waals surface area contributed by atoms with E-state index in [4.69, 9.17) is 31.8 Å². The van der Waals surface area contributed by atoms with Crippen LogP contribution in [0.1, 0.15) is 40.9 Å². The number of halogens is 1. The van der Waals surface area contributed by atoms with Crippen molar-refractivity contribution in [3.63, 3.8) is 0 Å². The number of nitrogens with zero attached hydrogens (tertiary/aromatic N) is 3. The fourth-order valence-corrected chi connectivity index (χ4v) is 4.65. The molecular weight excluding hydrogens is 454 g/mol. The number of morpholine rings is 1. The second-order valence-electron chi connectivity index (χ2n) is 8.34. The third kappa shape index (κ3) is 4.51. The molecule has 1 fully saturated rings. The average Bonchev–Trinajstić information content (AvgIpc) is 3.25. The van der Waals surface area contributed by atoms with Crippen molar-refractivity contribution in [3.8, 4) is 11.8 Å². The smallest absolute Gasteiger partial charge is 0.301 e. The molecule has 176 valence electrons. The maximum atomic E-state index is 11.8. The molecule has 2 aliphatic rings. The predicted molar refractivity (Wildman–Crippen MR) is 130 cm³/mol. The van der Waals surface area contributed by atoms with Crippen molar-refractivity contribution >= 4 is 28.7 Å². The number of imidazole rings is 1. The van der Waals surface area contributed by atoms with Gasteiger partial charge >= 0.3 is 6.01 Å². The third-order valence-electron chi connectivity index (χ3n) is 6.18. The number of aromatic amines is 1. The zero-order valence-electron chi connectivity index (χ0n) is 18.9. The molecule has 1 aliphatic heterocycles. The lowest BCUT2D eigenvalue weighted by atomic mass is 9.95. The van der Waals surface area contributed by atoms with E-state index in [1.54, 1.807) is 12.1 Å². The van der Waals surface area contributed by atoms with Gasteiger partial charge in [0.2, 0.25) is 5.91 Å². The fourth-order valence-electron chi connectivity index (χ4n) is 4.35. The Kier molecular flexibility index (Phi) is 6.26. The van der Waals surface area contributed by atoms with Crippen LogP contribution >= 0.6 is 11.6 Å². The van der Waals surface area contributed by atoms with Crippen LogP contribution in [-0.4, -0.2) is 52.1 Å². The summed E-state index contributed by atoms with van der Waals surface area (Å²) in [5.41, 5.74) is 10.0. The molecule has 9 heteroatoms. The Balaban J connectivity index is 1.35. The largest absolute Gasteiger partial charge is 0.426 e. The molecule has 1 amide bonds. The Morgan fingerprint density at radius 3 is 2.82 bits per heavy atom. The predicted octanol–water partition coefficient (Wildman–Crippen LogP) is 4.32. The fraction of sp³-hybridized carbons (Fsp3) is 0.320. The summed E-state index contributed by atoms with van der Waals surface area (Å²) in [7, 11) is 0. The highest BCUT2D eigenvalue weighted by Gasteiger charge is 2.21. The molecule has 3 heterocycles. The summed E-state index contributed by atoms with van der Waals surface area (Å²) in [6.07, 6.45) is 8.03. The van der Waals surface area contributed by atoms with Gasteiger partial charge in [0.05, 0.1) is 29.4 Å². The first-order valence-electron chi connectivity index (χ1n) is 11.4. The van der Waals surface area contributed by atoms with Crippen LogP contribution in [0.4, 0.5) is 0 Å². The summed E-state index contributed by atoms with van der Waals surface area (Å²) >= 11 is 6.60. The van der Waals surface area contributed by atoms with Crippen LogP contribution < -0.4 is 10.5 Å². The summed E-state index contributed by atoms with van der Waals surface area (Å²) < 4.78 is 11.3. The van der Waals surface area contributed by atoms with Crippen LogP contribution in [-0.2, 0) is 11.2 Å². The zero-order chi connectivity index (χ0) is 23.7. The van der Waals surface area contributed by atoms with E-state index in [-0.39, 0.29) is 11.9 Å². The quantitative estimate of drug-likeness (QED) is 0.545. The lowest BCUT2D eigenvalue weighted by Crippen LogP contribution is -2.35. The highest BCUT2D eigenvalue weighted by molar-refractivity contribution is 6.31. The van der Waals surface area contributed by atoms with Crippen molar-refractivity contribution in [1.29, 1.82) is 0 Å². The van der Waals surface area contributed by atoms with Gasteiger partial charge in [-0.3, -0.25) is 4.79 Å². The molecule has 1 aromatic carbocycles. The van der Waals surface area contributed by atoms with E-state index < -0.39 is 5.91 Å². The number of allylic oxidation sites excluding steroid dienone is 3. The van der Waals surface area contributed by atoms with Gasteiger partial charge in [-0.15, -0.1) is 0 Å². The van der Waals surface area contributed by atoms with Crippen molar-refractivity contribution in [2.24, 2.45) is 5.73 Å². The minimum absolute atomic E-state index is 0.0717. The maximum absolute atomic E-state index is 11.8. The molecule has 1 aliphatic carbocycles. The Hall–Kier alpha value is -3.36. The van der Waals surface area contributed by atoms with Gasteiger partial charge in [0.25, 0.3) is 0 Å². The summed E-state index contributed by atoms with van der Waals surface area (Å²) in [6.45, 7) is 5.30. The number of H-pyrrole nitrogens is 1. The minimum Gasteiger partial charge on any atom is -0.426 e. The molecule has 1 saturated heterocycles. The standard InChI is InChI=1S/C25H26ClN5O3/c1-2-15-5-8-18(13-19(15)23(27)32)34-25-28-21-14-20(26)22(29-24(21)30-25)16-3-6-17(7-4-16)31-9-11-33-12-10-31/h3,5-8,13-14,16H,2,4,9-12H2,1H3,(H2,27,32)(H,28,29,30). The van der Waals surface area contributed by atoms with E-state index in [2.05, 4.69) is 33.1 Å². The van der Waals surface area contributed by atoms with E-state index >= 15 is 0 Å². The summed E-state index contributed by atoms with van der Waals surface area (Å²) in [6, 6.07) is 7.34. The second kappa shape index (κ2) is 9.48. The molecule has 3 aromatic rings. The van der Waals surface area contributed by atoms with Gasteiger partial charge in [-0.25, -0.2) is 4.98 Å². The highest BCUT2D eigenvalue weighted by Crippen LogP contribution is 2.34. The number of rotatable bonds is 6. The first-order chi connectivity index (χ1) is 16.5. The van der Waals surface area contributed by atoms with E-state index in [1.165, 1.54) is 5.70 Å². The molecule has 5 rings (SSSR count). The highest BCUT2D eigenvalue weighted by atomic mass is 35.5. The average molecular weight is 480 g/mol. The van der Waals surface area contributed by atoms with E-state index in [9.17, 15) is 4.79 Å². The number of carbonyl (C=O) groups is 1. The van der Waals surface area contributed by atoms with Crippen LogP contribution in [0.5, 0.6) is 11.8 Å². The zero-order valence-corrected chi connectivity index (χ0v) is 19.6. The van der Waals surface area contributed by atoms with E-state index in [1.807, 2.05) is 19.1 Å². The van der Waals surface area contributed by atoms with Gasteiger partial charge in [0.15, 0.2) is 5.65 Å². The van der Waals surface area contributed by atoms with Crippen LogP contribution in [0, 0.1) is 0 Å². The molecule has 0 bridgehead atoms. The summed E-state index contributed by atoms with van der Waals surface area (Å²) in [5.74, 6) is 0.0474. The molecule has 0 spiro atoms. The molecule has 0 saturated carbocycles. The van der Waals surface area contributed by atoms with Gasteiger partial charge in [-0.2, -0.15) is 4.98 Å². The normalized spacial score (nSPS) is 18.2. The molecule has 1 unspecified atom stereocenters. The van der Waals surface area contributed by atoms with Gasteiger partial charge < -0.3 is 25.1 Å². The van der Waals surface area contributed by atoms with E-state index in [0.29, 0.717) is 33.9 Å². The molecule has 34 heavy (non-hydrogen) atoms.